The highest BCUT2D eigenvalue weighted by Gasteiger charge is 2.16. The van der Waals surface area contributed by atoms with Crippen LogP contribution in [0.1, 0.15) is 29.0 Å². The molecule has 0 bridgehead atoms. The average molecular weight is 380 g/mol. The van der Waals surface area contributed by atoms with Crippen LogP contribution in [-0.4, -0.2) is 41.3 Å². The monoisotopic (exact) mass is 380 g/mol. The number of ether oxygens (including phenoxy) is 2. The van der Waals surface area contributed by atoms with Gasteiger partial charge in [0.15, 0.2) is 11.5 Å². The minimum atomic E-state index is -0.547. The van der Waals surface area contributed by atoms with Crippen molar-refractivity contribution in [2.75, 3.05) is 25.1 Å². The van der Waals surface area contributed by atoms with Crippen LogP contribution in [0.2, 0.25) is 0 Å². The van der Waals surface area contributed by atoms with Crippen molar-refractivity contribution in [3.63, 3.8) is 0 Å². The largest absolute Gasteiger partial charge is 0.497 e. The molecule has 144 valence electrons. The summed E-state index contributed by atoms with van der Waals surface area (Å²) in [6, 6.07) is 10.8. The van der Waals surface area contributed by atoms with Crippen LogP contribution in [0, 0.1) is 0 Å². The topological polar surface area (TPSA) is 90.6 Å². The predicted molar refractivity (Wildman–Crippen MR) is 101 cm³/mol. The van der Waals surface area contributed by atoms with Gasteiger partial charge < -0.3 is 18.8 Å². The Labute approximate surface area is 162 Å². The molecular weight excluding hydrogens is 360 g/mol. The van der Waals surface area contributed by atoms with Crippen molar-refractivity contribution < 1.29 is 18.7 Å². The Bertz CT molecular complexity index is 932. The highest BCUT2D eigenvalue weighted by Crippen LogP contribution is 2.22. The molecule has 0 spiro atoms. The van der Waals surface area contributed by atoms with E-state index < -0.39 is 5.97 Å². The van der Waals surface area contributed by atoms with E-state index in [0.29, 0.717) is 11.6 Å². The molecule has 3 heterocycles. The van der Waals surface area contributed by atoms with Crippen LogP contribution in [-0.2, 0) is 11.3 Å². The number of nitrogens with zero attached hydrogens (tertiary/aromatic N) is 4. The maximum Gasteiger partial charge on any atom is 0.359 e. The molecule has 8 nitrogen and oxygen atoms in total. The highest BCUT2D eigenvalue weighted by atomic mass is 16.5. The lowest BCUT2D eigenvalue weighted by molar-refractivity contribution is 0.0459. The number of benzene rings is 1. The van der Waals surface area contributed by atoms with Gasteiger partial charge in [0, 0.05) is 18.7 Å². The summed E-state index contributed by atoms with van der Waals surface area (Å²) in [5.74, 6) is 1.44. The summed E-state index contributed by atoms with van der Waals surface area (Å²) in [7, 11) is 1.61. The Morgan fingerprint density at radius 2 is 1.89 bits per heavy atom. The van der Waals surface area contributed by atoms with E-state index >= 15 is 0 Å². The number of rotatable bonds is 6. The summed E-state index contributed by atoms with van der Waals surface area (Å²) in [4.78, 5) is 18.7. The van der Waals surface area contributed by atoms with E-state index in [0.717, 1.165) is 43.1 Å². The van der Waals surface area contributed by atoms with Gasteiger partial charge in [-0.05, 0) is 49.2 Å². The van der Waals surface area contributed by atoms with E-state index in [4.69, 9.17) is 13.9 Å². The van der Waals surface area contributed by atoms with Crippen LogP contribution < -0.4 is 9.64 Å². The lowest BCUT2D eigenvalue weighted by Crippen LogP contribution is -2.20. The zero-order valence-corrected chi connectivity index (χ0v) is 15.5. The summed E-state index contributed by atoms with van der Waals surface area (Å²) in [5.41, 5.74) is 1.49. The molecule has 1 aliphatic rings. The Hall–Kier alpha value is -3.42. The zero-order valence-electron chi connectivity index (χ0n) is 15.5. The van der Waals surface area contributed by atoms with Crippen molar-refractivity contribution in [2.24, 2.45) is 0 Å². The molecule has 4 rings (SSSR count). The number of carbonyl (C=O) groups is 1. The molecule has 0 atom stereocenters. The second-order valence-corrected chi connectivity index (χ2v) is 6.42. The fourth-order valence-electron chi connectivity index (χ4n) is 3.00. The number of esters is 1. The standard InChI is InChI=1S/C20H20N4O4/c1-26-16-6-4-14(5-7-16)19-21-15(12-27-19)13-28-20(25)17-8-9-18(23-22-17)24-10-2-3-11-24/h4-9,12H,2-3,10-11,13H2,1H3. The number of aromatic nitrogens is 3. The summed E-state index contributed by atoms with van der Waals surface area (Å²) in [6.07, 6.45) is 3.78. The molecule has 0 aliphatic carbocycles. The Morgan fingerprint density at radius 1 is 1.11 bits per heavy atom. The molecule has 0 unspecified atom stereocenters. The number of anilines is 1. The van der Waals surface area contributed by atoms with E-state index in [1.807, 2.05) is 24.3 Å². The minimum absolute atomic E-state index is 0.00591. The first kappa shape index (κ1) is 18.0. The van der Waals surface area contributed by atoms with Gasteiger partial charge in [0.2, 0.25) is 5.89 Å². The van der Waals surface area contributed by atoms with Crippen LogP contribution in [0.5, 0.6) is 5.75 Å². The van der Waals surface area contributed by atoms with E-state index in [2.05, 4.69) is 20.1 Å². The highest BCUT2D eigenvalue weighted by molar-refractivity contribution is 5.87. The van der Waals surface area contributed by atoms with Crippen molar-refractivity contribution in [3.05, 3.63) is 54.0 Å². The molecule has 0 saturated carbocycles. The van der Waals surface area contributed by atoms with Crippen molar-refractivity contribution in [3.8, 4) is 17.2 Å². The third-order valence-electron chi connectivity index (χ3n) is 4.53. The molecule has 1 aromatic carbocycles. The van der Waals surface area contributed by atoms with Gasteiger partial charge in [-0.2, -0.15) is 0 Å². The van der Waals surface area contributed by atoms with Gasteiger partial charge in [-0.3, -0.25) is 0 Å². The van der Waals surface area contributed by atoms with Crippen LogP contribution in [0.25, 0.3) is 11.5 Å². The molecular formula is C20H20N4O4. The van der Waals surface area contributed by atoms with E-state index in [-0.39, 0.29) is 12.3 Å². The first-order valence-electron chi connectivity index (χ1n) is 9.07. The maximum atomic E-state index is 12.2. The minimum Gasteiger partial charge on any atom is -0.497 e. The molecule has 2 aromatic heterocycles. The van der Waals surface area contributed by atoms with Crippen molar-refractivity contribution in [2.45, 2.75) is 19.4 Å². The van der Waals surface area contributed by atoms with Crippen molar-refractivity contribution in [1.82, 2.24) is 15.2 Å². The van der Waals surface area contributed by atoms with Gasteiger partial charge in [0.1, 0.15) is 24.3 Å². The van der Waals surface area contributed by atoms with Gasteiger partial charge in [-0.1, -0.05) is 0 Å². The van der Waals surface area contributed by atoms with Gasteiger partial charge in [-0.15, -0.1) is 10.2 Å². The molecule has 0 radical (unpaired) electrons. The van der Waals surface area contributed by atoms with Crippen LogP contribution in [0.15, 0.2) is 47.1 Å². The fourth-order valence-corrected chi connectivity index (χ4v) is 3.00. The predicted octanol–water partition coefficient (Wildman–Crippen LogP) is 3.10. The van der Waals surface area contributed by atoms with Crippen molar-refractivity contribution >= 4 is 11.8 Å². The molecule has 8 heteroatoms. The third-order valence-corrected chi connectivity index (χ3v) is 4.53. The van der Waals surface area contributed by atoms with Gasteiger partial charge in [-0.25, -0.2) is 9.78 Å². The number of hydrogen-bond donors (Lipinski definition) is 0. The van der Waals surface area contributed by atoms with E-state index in [9.17, 15) is 4.79 Å². The van der Waals surface area contributed by atoms with Gasteiger partial charge >= 0.3 is 5.97 Å². The number of carbonyl (C=O) groups excluding carboxylic acids is 1. The first-order valence-corrected chi connectivity index (χ1v) is 9.07. The molecule has 1 fully saturated rings. The summed E-state index contributed by atoms with van der Waals surface area (Å²) >= 11 is 0. The molecule has 0 amide bonds. The fraction of sp³-hybridized carbons (Fsp3) is 0.300. The Kier molecular flexibility index (Phi) is 5.18. The van der Waals surface area contributed by atoms with Crippen LogP contribution in [0.4, 0.5) is 5.82 Å². The second kappa shape index (κ2) is 8.08. The zero-order chi connectivity index (χ0) is 19.3. The van der Waals surface area contributed by atoms with Gasteiger partial charge in [0.25, 0.3) is 0 Å². The normalized spacial score (nSPS) is 13.5. The molecule has 0 N–H and O–H groups in total. The lowest BCUT2D eigenvalue weighted by Gasteiger charge is -2.14. The number of methoxy groups -OCH3 is 1. The van der Waals surface area contributed by atoms with Crippen molar-refractivity contribution in [1.29, 1.82) is 0 Å². The second-order valence-electron chi connectivity index (χ2n) is 6.42. The summed E-state index contributed by atoms with van der Waals surface area (Å²) < 4.78 is 15.9. The molecule has 28 heavy (non-hydrogen) atoms. The lowest BCUT2D eigenvalue weighted by atomic mass is 10.2. The molecule has 3 aromatic rings. The quantitative estimate of drug-likeness (QED) is 0.603. The Balaban J connectivity index is 1.35. The number of hydrogen-bond acceptors (Lipinski definition) is 8. The van der Waals surface area contributed by atoms with E-state index in [1.54, 1.807) is 19.2 Å². The van der Waals surface area contributed by atoms with Gasteiger partial charge in [0.05, 0.1) is 7.11 Å². The third kappa shape index (κ3) is 3.95. The SMILES string of the molecule is COc1ccc(-c2nc(COC(=O)c3ccc(N4CCCC4)nn3)co2)cc1. The van der Waals surface area contributed by atoms with E-state index in [1.165, 1.54) is 6.26 Å². The summed E-state index contributed by atoms with van der Waals surface area (Å²) in [6.45, 7) is 1.94. The Morgan fingerprint density at radius 3 is 2.57 bits per heavy atom. The average Bonchev–Trinajstić information content (AvgIpc) is 3.44. The van der Waals surface area contributed by atoms with Crippen LogP contribution in [0.3, 0.4) is 0 Å². The smallest absolute Gasteiger partial charge is 0.359 e. The van der Waals surface area contributed by atoms with Crippen LogP contribution >= 0.6 is 0 Å². The number of oxazole rings is 1. The molecule has 1 aliphatic heterocycles. The molecule has 1 saturated heterocycles. The summed E-state index contributed by atoms with van der Waals surface area (Å²) in [5, 5.41) is 8.11. The first-order chi connectivity index (χ1) is 13.7. The maximum absolute atomic E-state index is 12.2.